The minimum Gasteiger partial charge on any atom is -0.350 e. The van der Waals surface area contributed by atoms with Crippen molar-refractivity contribution in [3.05, 3.63) is 95.6 Å². The fourth-order valence-electron chi connectivity index (χ4n) is 4.04. The lowest BCUT2D eigenvalue weighted by Gasteiger charge is -2.33. The molecule has 0 aliphatic carbocycles. The first-order chi connectivity index (χ1) is 19.0. The molecule has 3 aromatic rings. The Labute approximate surface area is 239 Å². The van der Waals surface area contributed by atoms with E-state index < -0.39 is 51.7 Å². The van der Waals surface area contributed by atoms with Gasteiger partial charge in [0.1, 0.15) is 12.6 Å². The molecule has 7 nitrogen and oxygen atoms in total. The predicted octanol–water partition coefficient (Wildman–Crippen LogP) is 5.54. The normalized spacial score (nSPS) is 12.9. The monoisotopic (exact) mass is 589 g/mol. The summed E-state index contributed by atoms with van der Waals surface area (Å²) in [6.45, 7) is 7.76. The van der Waals surface area contributed by atoms with Crippen molar-refractivity contribution in [2.24, 2.45) is 0 Å². The average Bonchev–Trinajstić information content (AvgIpc) is 2.89. The zero-order valence-corrected chi connectivity index (χ0v) is 24.4. The lowest BCUT2D eigenvalue weighted by molar-refractivity contribution is -0.140. The summed E-state index contributed by atoms with van der Waals surface area (Å²) < 4.78 is 69.0. The second-order valence-corrected chi connectivity index (χ2v) is 12.7. The third-order valence-electron chi connectivity index (χ3n) is 6.21. The van der Waals surface area contributed by atoms with Crippen LogP contribution in [-0.4, -0.2) is 43.3 Å². The summed E-state index contributed by atoms with van der Waals surface area (Å²) in [7, 11) is -4.49. The number of nitrogens with zero attached hydrogens (tertiary/aromatic N) is 2. The number of carbonyl (C=O) groups is 2. The average molecular weight is 590 g/mol. The van der Waals surface area contributed by atoms with Crippen LogP contribution in [0.1, 0.15) is 44.4 Å². The van der Waals surface area contributed by atoms with Crippen LogP contribution in [0.3, 0.4) is 0 Å². The predicted molar refractivity (Wildman–Crippen MR) is 152 cm³/mol. The fraction of sp³-hybridized carbons (Fsp3) is 0.333. The number of rotatable bonds is 9. The number of aryl methyl sites for hydroxylation is 1. The lowest BCUT2D eigenvalue weighted by atomic mass is 10.1. The van der Waals surface area contributed by atoms with Crippen LogP contribution in [0, 0.1) is 6.92 Å². The van der Waals surface area contributed by atoms with Crippen LogP contribution in [0.5, 0.6) is 0 Å². The Kier molecular flexibility index (Phi) is 9.53. The fourth-order valence-corrected chi connectivity index (χ4v) is 5.45. The van der Waals surface area contributed by atoms with Gasteiger partial charge in [-0.2, -0.15) is 13.2 Å². The molecule has 1 atom stereocenters. The number of benzene rings is 3. The molecule has 2 amide bonds. The number of halogens is 3. The molecule has 3 aromatic carbocycles. The lowest BCUT2D eigenvalue weighted by Crippen LogP contribution is -2.54. The number of nitrogens with one attached hydrogen (secondary N) is 1. The molecule has 0 aliphatic rings. The maximum absolute atomic E-state index is 13.9. The van der Waals surface area contributed by atoms with Gasteiger partial charge in [0.2, 0.25) is 11.8 Å². The van der Waals surface area contributed by atoms with Crippen LogP contribution in [-0.2, 0) is 32.3 Å². The van der Waals surface area contributed by atoms with Gasteiger partial charge in [0.05, 0.1) is 16.1 Å². The number of amides is 2. The molecule has 0 saturated carbocycles. The quantitative estimate of drug-likeness (QED) is 0.355. The van der Waals surface area contributed by atoms with Crippen molar-refractivity contribution in [2.45, 2.75) is 63.8 Å². The van der Waals surface area contributed by atoms with Gasteiger partial charge in [-0.15, -0.1) is 0 Å². The molecule has 0 bridgehead atoms. The van der Waals surface area contributed by atoms with Crippen molar-refractivity contribution in [2.75, 3.05) is 10.8 Å². The second-order valence-electron chi connectivity index (χ2n) is 10.8. The van der Waals surface area contributed by atoms with E-state index in [1.165, 1.54) is 30.0 Å². The summed E-state index contributed by atoms with van der Waals surface area (Å²) in [4.78, 5) is 28.0. The Morgan fingerprint density at radius 2 is 1.51 bits per heavy atom. The van der Waals surface area contributed by atoms with Crippen LogP contribution in [0.2, 0.25) is 0 Å². The minimum absolute atomic E-state index is 0.0284. The molecule has 11 heteroatoms. The molecule has 1 N–H and O–H groups in total. The largest absolute Gasteiger partial charge is 0.416 e. The number of hydrogen-bond donors (Lipinski definition) is 1. The second kappa shape index (κ2) is 12.3. The van der Waals surface area contributed by atoms with Crippen LogP contribution >= 0.6 is 0 Å². The number of hydrogen-bond acceptors (Lipinski definition) is 4. The summed E-state index contributed by atoms with van der Waals surface area (Å²) in [5, 5.41) is 2.82. The van der Waals surface area contributed by atoms with E-state index in [4.69, 9.17) is 0 Å². The van der Waals surface area contributed by atoms with Gasteiger partial charge in [0.15, 0.2) is 0 Å². The van der Waals surface area contributed by atoms with Crippen molar-refractivity contribution < 1.29 is 31.2 Å². The maximum Gasteiger partial charge on any atom is 0.416 e. The standard InChI is InChI=1S/C30H34F3N3O4S/c1-21-14-16-26(17-15-21)41(39,40)36(25-13-9-12-24(18-25)30(31,32)33)20-27(37)35(19-23-10-7-6-8-11-23)22(2)28(38)34-29(3,4)5/h6-18,22H,19-20H2,1-5H3,(H,34,38)/t22-/m1/s1. The van der Waals surface area contributed by atoms with E-state index in [2.05, 4.69) is 5.32 Å². The van der Waals surface area contributed by atoms with Gasteiger partial charge < -0.3 is 10.2 Å². The van der Waals surface area contributed by atoms with Gasteiger partial charge >= 0.3 is 6.18 Å². The maximum atomic E-state index is 13.9. The molecule has 0 heterocycles. The van der Waals surface area contributed by atoms with Crippen molar-refractivity contribution >= 4 is 27.5 Å². The highest BCUT2D eigenvalue weighted by Gasteiger charge is 2.35. The van der Waals surface area contributed by atoms with Gasteiger partial charge in [0, 0.05) is 12.1 Å². The van der Waals surface area contributed by atoms with Crippen molar-refractivity contribution in [3.63, 3.8) is 0 Å². The van der Waals surface area contributed by atoms with Gasteiger partial charge in [-0.1, -0.05) is 54.1 Å². The molecule has 3 rings (SSSR count). The van der Waals surface area contributed by atoms with Crippen molar-refractivity contribution in [3.8, 4) is 0 Å². The van der Waals surface area contributed by atoms with Gasteiger partial charge in [-0.25, -0.2) is 8.42 Å². The zero-order chi connectivity index (χ0) is 30.6. The van der Waals surface area contributed by atoms with Gasteiger partial charge in [-0.05, 0) is 70.5 Å². The van der Waals surface area contributed by atoms with E-state index >= 15 is 0 Å². The molecule has 0 unspecified atom stereocenters. The number of carbonyl (C=O) groups excluding carboxylic acids is 2. The smallest absolute Gasteiger partial charge is 0.350 e. The van der Waals surface area contributed by atoms with E-state index in [0.717, 1.165) is 17.7 Å². The summed E-state index contributed by atoms with van der Waals surface area (Å²) in [6, 6.07) is 17.4. The highest BCUT2D eigenvalue weighted by atomic mass is 32.2. The van der Waals surface area contributed by atoms with Crippen LogP contribution < -0.4 is 9.62 Å². The first-order valence-electron chi connectivity index (χ1n) is 12.9. The molecule has 0 fully saturated rings. The first kappa shape index (κ1) is 31.7. The Balaban J connectivity index is 2.09. The van der Waals surface area contributed by atoms with Crippen LogP contribution in [0.15, 0.2) is 83.8 Å². The van der Waals surface area contributed by atoms with Crippen LogP contribution in [0.25, 0.3) is 0 Å². The SMILES string of the molecule is Cc1ccc(S(=O)(=O)N(CC(=O)N(Cc2ccccc2)[C@H](C)C(=O)NC(C)(C)C)c2cccc(C(F)(F)F)c2)cc1. The first-order valence-corrected chi connectivity index (χ1v) is 14.3. The van der Waals surface area contributed by atoms with Crippen molar-refractivity contribution in [1.82, 2.24) is 10.2 Å². The summed E-state index contributed by atoms with van der Waals surface area (Å²) >= 11 is 0. The molecule has 0 spiro atoms. The third kappa shape index (κ3) is 8.32. The van der Waals surface area contributed by atoms with Gasteiger partial charge in [-0.3, -0.25) is 13.9 Å². The molecular formula is C30H34F3N3O4S. The molecular weight excluding hydrogens is 555 g/mol. The molecule has 41 heavy (non-hydrogen) atoms. The molecule has 220 valence electrons. The van der Waals surface area contributed by atoms with Gasteiger partial charge in [0.25, 0.3) is 10.0 Å². The molecule has 0 aliphatic heterocycles. The Morgan fingerprint density at radius 1 is 0.902 bits per heavy atom. The highest BCUT2D eigenvalue weighted by Crippen LogP contribution is 2.33. The molecule has 0 radical (unpaired) electrons. The summed E-state index contributed by atoms with van der Waals surface area (Å²) in [6.07, 6.45) is -4.74. The number of anilines is 1. The van der Waals surface area contributed by atoms with E-state index in [1.807, 2.05) is 0 Å². The Morgan fingerprint density at radius 3 is 2.07 bits per heavy atom. The number of sulfonamides is 1. The Bertz CT molecular complexity index is 1470. The molecule has 0 aromatic heterocycles. The van der Waals surface area contributed by atoms with E-state index in [-0.39, 0.29) is 17.1 Å². The number of alkyl halides is 3. The van der Waals surface area contributed by atoms with E-state index in [9.17, 15) is 31.2 Å². The summed E-state index contributed by atoms with van der Waals surface area (Å²) in [5.41, 5.74) is -0.543. The van der Waals surface area contributed by atoms with E-state index in [0.29, 0.717) is 15.9 Å². The third-order valence-corrected chi connectivity index (χ3v) is 8.00. The minimum atomic E-state index is -4.74. The zero-order valence-electron chi connectivity index (χ0n) is 23.6. The van der Waals surface area contributed by atoms with E-state index in [1.54, 1.807) is 70.2 Å². The topological polar surface area (TPSA) is 86.8 Å². The van der Waals surface area contributed by atoms with Crippen molar-refractivity contribution in [1.29, 1.82) is 0 Å². The Hall–Kier alpha value is -3.86. The molecule has 0 saturated heterocycles. The highest BCUT2D eigenvalue weighted by molar-refractivity contribution is 7.92. The van der Waals surface area contributed by atoms with Crippen LogP contribution in [0.4, 0.5) is 18.9 Å². The summed E-state index contributed by atoms with van der Waals surface area (Å²) in [5.74, 6) is -1.23.